The molecule has 0 atom stereocenters. The molecule has 0 aliphatic carbocycles. The topological polar surface area (TPSA) is 98.2 Å². The van der Waals surface area contributed by atoms with Crippen molar-refractivity contribution in [2.45, 2.75) is 0 Å². The van der Waals surface area contributed by atoms with Gasteiger partial charge in [-0.15, -0.1) is 0 Å². The first-order valence-electron chi connectivity index (χ1n) is 7.79. The second-order valence-electron chi connectivity index (χ2n) is 5.23. The van der Waals surface area contributed by atoms with E-state index in [0.717, 1.165) is 0 Å². The first-order valence-corrected chi connectivity index (χ1v) is 8.54. The summed E-state index contributed by atoms with van der Waals surface area (Å²) in [6, 6.07) is 7.70. The van der Waals surface area contributed by atoms with Gasteiger partial charge in [0.25, 0.3) is 0 Å². The highest BCUT2D eigenvalue weighted by molar-refractivity contribution is 6.42. The van der Waals surface area contributed by atoms with E-state index in [1.54, 1.807) is 18.2 Å². The Morgan fingerprint density at radius 2 is 1.57 bits per heavy atom. The first kappa shape index (κ1) is 21.3. The summed E-state index contributed by atoms with van der Waals surface area (Å²) in [6.45, 7) is 0. The van der Waals surface area contributed by atoms with Gasteiger partial charge in [-0.05, 0) is 24.3 Å². The molecule has 8 nitrogen and oxygen atoms in total. The Balaban J connectivity index is 2.08. The van der Waals surface area contributed by atoms with Crippen molar-refractivity contribution < 1.29 is 23.8 Å². The Morgan fingerprint density at radius 1 is 0.929 bits per heavy atom. The summed E-state index contributed by atoms with van der Waals surface area (Å²) in [7, 11) is 4.45. The number of anilines is 1. The standard InChI is InChI=1S/C18H17Cl2N3O5/c1-26-14-8-16(28-3)15(27-2)6-10(14)9-21-23-18(25)17(24)22-13-7-11(19)4-5-12(13)20/h4-9H,1-3H3,(H,22,24)(H,23,25)/b21-9-. The summed E-state index contributed by atoms with van der Waals surface area (Å²) in [5.74, 6) is -0.596. The molecule has 2 N–H and O–H groups in total. The molecule has 2 aromatic rings. The molecule has 2 aromatic carbocycles. The Morgan fingerprint density at radius 3 is 2.21 bits per heavy atom. The molecule has 0 unspecified atom stereocenters. The maximum Gasteiger partial charge on any atom is 0.329 e. The molecule has 10 heteroatoms. The minimum Gasteiger partial charge on any atom is -0.496 e. The monoisotopic (exact) mass is 425 g/mol. The molecular weight excluding hydrogens is 409 g/mol. The van der Waals surface area contributed by atoms with Crippen LogP contribution in [0.4, 0.5) is 5.69 Å². The van der Waals surface area contributed by atoms with Gasteiger partial charge in [0, 0.05) is 16.7 Å². The van der Waals surface area contributed by atoms with Gasteiger partial charge in [-0.2, -0.15) is 5.10 Å². The molecule has 0 radical (unpaired) electrons. The van der Waals surface area contributed by atoms with Gasteiger partial charge >= 0.3 is 11.8 Å². The summed E-state index contributed by atoms with van der Waals surface area (Å²) in [4.78, 5) is 23.9. The van der Waals surface area contributed by atoms with Gasteiger partial charge in [0.2, 0.25) is 0 Å². The van der Waals surface area contributed by atoms with Crippen LogP contribution in [0.15, 0.2) is 35.4 Å². The van der Waals surface area contributed by atoms with Crippen LogP contribution in [0.25, 0.3) is 0 Å². The Hall–Kier alpha value is -2.97. The van der Waals surface area contributed by atoms with Crippen LogP contribution in [0.5, 0.6) is 17.2 Å². The Bertz CT molecular complexity index is 918. The van der Waals surface area contributed by atoms with Crippen LogP contribution in [-0.4, -0.2) is 39.4 Å². The van der Waals surface area contributed by atoms with Crippen molar-refractivity contribution in [1.82, 2.24) is 5.43 Å². The number of hydrogen-bond acceptors (Lipinski definition) is 6. The zero-order valence-electron chi connectivity index (χ0n) is 15.2. The van der Waals surface area contributed by atoms with Gasteiger partial charge in [-0.3, -0.25) is 9.59 Å². The summed E-state index contributed by atoms with van der Waals surface area (Å²) < 4.78 is 15.7. The molecule has 2 amide bonds. The number of rotatable bonds is 6. The predicted molar refractivity (Wildman–Crippen MR) is 107 cm³/mol. The Labute approximate surface area is 171 Å². The van der Waals surface area contributed by atoms with E-state index in [1.165, 1.54) is 39.7 Å². The number of amides is 2. The lowest BCUT2D eigenvalue weighted by Gasteiger charge is -2.11. The zero-order chi connectivity index (χ0) is 20.7. The van der Waals surface area contributed by atoms with E-state index in [-0.39, 0.29) is 10.7 Å². The third-order valence-electron chi connectivity index (χ3n) is 3.49. The molecule has 0 heterocycles. The van der Waals surface area contributed by atoms with Crippen LogP contribution in [0.3, 0.4) is 0 Å². The van der Waals surface area contributed by atoms with Gasteiger partial charge in [0.05, 0.1) is 38.3 Å². The molecule has 0 fully saturated rings. The summed E-state index contributed by atoms with van der Waals surface area (Å²) in [6.07, 6.45) is 1.30. The van der Waals surface area contributed by atoms with Crippen LogP contribution >= 0.6 is 23.2 Å². The average Bonchev–Trinajstić information content (AvgIpc) is 2.69. The number of hydrazone groups is 1. The van der Waals surface area contributed by atoms with Gasteiger partial charge in [0.15, 0.2) is 11.5 Å². The molecule has 0 saturated heterocycles. The Kier molecular flexibility index (Phi) is 7.48. The van der Waals surface area contributed by atoms with E-state index >= 15 is 0 Å². The van der Waals surface area contributed by atoms with Crippen LogP contribution in [0.1, 0.15) is 5.56 Å². The number of nitrogens with zero attached hydrogens (tertiary/aromatic N) is 1. The highest BCUT2D eigenvalue weighted by Gasteiger charge is 2.15. The van der Waals surface area contributed by atoms with Crippen molar-refractivity contribution in [1.29, 1.82) is 0 Å². The van der Waals surface area contributed by atoms with Gasteiger partial charge in [-0.1, -0.05) is 23.2 Å². The number of benzene rings is 2. The number of methoxy groups -OCH3 is 3. The summed E-state index contributed by atoms with van der Waals surface area (Å²) in [5, 5.41) is 6.72. The molecule has 148 valence electrons. The minimum atomic E-state index is -0.994. The smallest absolute Gasteiger partial charge is 0.329 e. The van der Waals surface area contributed by atoms with Crippen molar-refractivity contribution in [2.24, 2.45) is 5.10 Å². The van der Waals surface area contributed by atoms with E-state index in [0.29, 0.717) is 27.8 Å². The molecule has 0 aliphatic heterocycles. The number of carbonyl (C=O) groups is 2. The summed E-state index contributed by atoms with van der Waals surface area (Å²) >= 11 is 11.8. The fraction of sp³-hybridized carbons (Fsp3) is 0.167. The normalized spacial score (nSPS) is 10.5. The average molecular weight is 426 g/mol. The van der Waals surface area contributed by atoms with E-state index < -0.39 is 11.8 Å². The van der Waals surface area contributed by atoms with Gasteiger partial charge in [-0.25, -0.2) is 5.43 Å². The maximum absolute atomic E-state index is 12.0. The van der Waals surface area contributed by atoms with Crippen molar-refractivity contribution in [2.75, 3.05) is 26.6 Å². The number of halogens is 2. The fourth-order valence-electron chi connectivity index (χ4n) is 2.14. The molecule has 0 aliphatic rings. The number of hydrogen-bond donors (Lipinski definition) is 2. The highest BCUT2D eigenvalue weighted by Crippen LogP contribution is 2.33. The van der Waals surface area contributed by atoms with Gasteiger partial charge < -0.3 is 19.5 Å². The maximum atomic E-state index is 12.0. The quantitative estimate of drug-likeness (QED) is 0.420. The largest absolute Gasteiger partial charge is 0.496 e. The predicted octanol–water partition coefficient (Wildman–Crippen LogP) is 3.11. The highest BCUT2D eigenvalue weighted by atomic mass is 35.5. The van der Waals surface area contributed by atoms with E-state index in [4.69, 9.17) is 37.4 Å². The van der Waals surface area contributed by atoms with Crippen molar-refractivity contribution in [3.63, 3.8) is 0 Å². The molecule has 2 rings (SSSR count). The zero-order valence-corrected chi connectivity index (χ0v) is 16.7. The second kappa shape index (κ2) is 9.82. The van der Waals surface area contributed by atoms with Crippen LogP contribution in [-0.2, 0) is 9.59 Å². The van der Waals surface area contributed by atoms with Crippen LogP contribution < -0.4 is 25.0 Å². The lowest BCUT2D eigenvalue weighted by Crippen LogP contribution is -2.32. The van der Waals surface area contributed by atoms with E-state index in [9.17, 15) is 9.59 Å². The molecule has 0 spiro atoms. The first-order chi connectivity index (χ1) is 13.4. The lowest BCUT2D eigenvalue weighted by atomic mass is 10.2. The number of nitrogens with one attached hydrogen (secondary N) is 2. The van der Waals surface area contributed by atoms with Gasteiger partial charge in [0.1, 0.15) is 5.75 Å². The third kappa shape index (κ3) is 5.28. The molecule has 0 aromatic heterocycles. The summed E-state index contributed by atoms with van der Waals surface area (Å²) in [5.41, 5.74) is 2.82. The van der Waals surface area contributed by atoms with Crippen molar-refractivity contribution in [3.8, 4) is 17.2 Å². The SMILES string of the molecule is COc1cc(OC)c(OC)cc1/C=N\NC(=O)C(=O)Nc1cc(Cl)ccc1Cl. The molecule has 28 heavy (non-hydrogen) atoms. The fourth-order valence-corrected chi connectivity index (χ4v) is 2.47. The van der Waals surface area contributed by atoms with Crippen LogP contribution in [0.2, 0.25) is 10.0 Å². The number of carbonyl (C=O) groups excluding carboxylic acids is 2. The lowest BCUT2D eigenvalue weighted by molar-refractivity contribution is -0.136. The molecule has 0 saturated carbocycles. The van der Waals surface area contributed by atoms with Crippen molar-refractivity contribution in [3.05, 3.63) is 45.9 Å². The molecule has 0 bridgehead atoms. The van der Waals surface area contributed by atoms with E-state index in [1.807, 2.05) is 0 Å². The van der Waals surface area contributed by atoms with Crippen LogP contribution in [0, 0.1) is 0 Å². The van der Waals surface area contributed by atoms with E-state index in [2.05, 4.69) is 15.8 Å². The third-order valence-corrected chi connectivity index (χ3v) is 4.05. The minimum absolute atomic E-state index is 0.208. The molecular formula is C18H17Cl2N3O5. The second-order valence-corrected chi connectivity index (χ2v) is 6.07. The van der Waals surface area contributed by atoms with Crippen molar-refractivity contribution >= 4 is 46.9 Å². The number of ether oxygens (including phenoxy) is 3.